The van der Waals surface area contributed by atoms with E-state index in [2.05, 4.69) is 11.1 Å². The van der Waals surface area contributed by atoms with Crippen LogP contribution in [-0.2, 0) is 6.42 Å². The summed E-state index contributed by atoms with van der Waals surface area (Å²) < 4.78 is 0. The van der Waals surface area contributed by atoms with Crippen molar-refractivity contribution in [2.45, 2.75) is 6.42 Å². The van der Waals surface area contributed by atoms with Gasteiger partial charge in [-0.1, -0.05) is 41.9 Å². The molecule has 1 aromatic rings. The minimum atomic E-state index is 0.583. The Bertz CT molecular complexity index is 353. The first-order chi connectivity index (χ1) is 5.88. The standard InChI is InChI=1S/C10H8ClN/c11-10-9-6-2-1-4-8(9)5-3-7-12-10/h1-4,6-7H,5H2. The van der Waals surface area contributed by atoms with Crippen LogP contribution in [0.5, 0.6) is 0 Å². The van der Waals surface area contributed by atoms with Crippen LogP contribution in [-0.4, -0.2) is 5.17 Å². The van der Waals surface area contributed by atoms with E-state index in [9.17, 15) is 0 Å². The Morgan fingerprint density at radius 2 is 2.08 bits per heavy atom. The van der Waals surface area contributed by atoms with E-state index in [0.717, 1.165) is 12.0 Å². The maximum Gasteiger partial charge on any atom is 0.136 e. The fourth-order valence-corrected chi connectivity index (χ4v) is 1.51. The van der Waals surface area contributed by atoms with Crippen molar-refractivity contribution in [2.24, 2.45) is 4.99 Å². The average Bonchev–Trinajstić information content (AvgIpc) is 2.29. The van der Waals surface area contributed by atoms with Crippen molar-refractivity contribution in [3.05, 3.63) is 47.7 Å². The zero-order chi connectivity index (χ0) is 8.39. The van der Waals surface area contributed by atoms with Crippen molar-refractivity contribution in [3.63, 3.8) is 0 Å². The monoisotopic (exact) mass is 177 g/mol. The van der Waals surface area contributed by atoms with Crippen molar-refractivity contribution in [2.75, 3.05) is 0 Å². The summed E-state index contributed by atoms with van der Waals surface area (Å²) in [5.74, 6) is 0. The highest BCUT2D eigenvalue weighted by Gasteiger charge is 2.06. The second-order valence-corrected chi connectivity index (χ2v) is 3.02. The Balaban J connectivity index is 2.58. The van der Waals surface area contributed by atoms with Crippen molar-refractivity contribution in [3.8, 4) is 0 Å². The van der Waals surface area contributed by atoms with Crippen LogP contribution in [0.3, 0.4) is 0 Å². The van der Waals surface area contributed by atoms with Crippen LogP contribution in [0, 0.1) is 0 Å². The number of halogens is 1. The summed E-state index contributed by atoms with van der Waals surface area (Å²) in [5.41, 5.74) is 2.28. The molecule has 60 valence electrons. The van der Waals surface area contributed by atoms with Gasteiger partial charge >= 0.3 is 0 Å². The molecule has 0 radical (unpaired) electrons. The number of fused-ring (bicyclic) bond motifs is 1. The lowest BCUT2D eigenvalue weighted by atomic mass is 10.1. The molecule has 0 amide bonds. The van der Waals surface area contributed by atoms with Gasteiger partial charge in [0.15, 0.2) is 0 Å². The van der Waals surface area contributed by atoms with E-state index in [-0.39, 0.29) is 0 Å². The number of hydrogen-bond acceptors (Lipinski definition) is 1. The largest absolute Gasteiger partial charge is 0.244 e. The van der Waals surface area contributed by atoms with Gasteiger partial charge in [0.05, 0.1) is 0 Å². The molecular formula is C10H8ClN. The molecule has 0 fully saturated rings. The van der Waals surface area contributed by atoms with E-state index >= 15 is 0 Å². The van der Waals surface area contributed by atoms with E-state index < -0.39 is 0 Å². The molecule has 1 aliphatic rings. The Labute approximate surface area is 76.4 Å². The summed E-state index contributed by atoms with van der Waals surface area (Å²) in [6.07, 6.45) is 4.67. The molecule has 0 unspecified atom stereocenters. The maximum atomic E-state index is 5.95. The molecule has 12 heavy (non-hydrogen) atoms. The molecule has 0 N–H and O–H groups in total. The number of nitrogens with zero attached hydrogens (tertiary/aromatic N) is 1. The van der Waals surface area contributed by atoms with Gasteiger partial charge in [-0.05, 0) is 12.0 Å². The topological polar surface area (TPSA) is 12.4 Å². The van der Waals surface area contributed by atoms with Crippen LogP contribution < -0.4 is 0 Å². The van der Waals surface area contributed by atoms with Crippen LogP contribution in [0.25, 0.3) is 0 Å². The van der Waals surface area contributed by atoms with Crippen molar-refractivity contribution >= 4 is 16.8 Å². The van der Waals surface area contributed by atoms with Crippen LogP contribution >= 0.6 is 11.6 Å². The van der Waals surface area contributed by atoms with Crippen LogP contribution in [0.1, 0.15) is 11.1 Å². The zero-order valence-corrected chi connectivity index (χ0v) is 7.25. The van der Waals surface area contributed by atoms with Gasteiger partial charge in [-0.3, -0.25) is 0 Å². The molecule has 0 atom stereocenters. The summed E-state index contributed by atoms with van der Waals surface area (Å²) in [4.78, 5) is 4.07. The van der Waals surface area contributed by atoms with E-state index in [1.807, 2.05) is 24.3 Å². The van der Waals surface area contributed by atoms with Gasteiger partial charge in [0.2, 0.25) is 0 Å². The molecule has 2 heteroatoms. The molecule has 1 heterocycles. The Morgan fingerprint density at radius 1 is 1.25 bits per heavy atom. The smallest absolute Gasteiger partial charge is 0.136 e. The summed E-state index contributed by atoms with van der Waals surface area (Å²) >= 11 is 5.95. The van der Waals surface area contributed by atoms with E-state index in [4.69, 9.17) is 11.6 Å². The van der Waals surface area contributed by atoms with E-state index in [1.165, 1.54) is 5.56 Å². The molecule has 0 saturated carbocycles. The number of aliphatic imine (C=N–C) groups is 1. The first-order valence-electron chi connectivity index (χ1n) is 3.84. The summed E-state index contributed by atoms with van der Waals surface area (Å²) in [5, 5.41) is 0.583. The normalized spacial score (nSPS) is 14.9. The number of rotatable bonds is 0. The van der Waals surface area contributed by atoms with Crippen molar-refractivity contribution < 1.29 is 0 Å². The maximum absolute atomic E-state index is 5.95. The highest BCUT2D eigenvalue weighted by atomic mass is 35.5. The highest BCUT2D eigenvalue weighted by molar-refractivity contribution is 6.69. The van der Waals surface area contributed by atoms with Crippen molar-refractivity contribution in [1.82, 2.24) is 0 Å². The van der Waals surface area contributed by atoms with Crippen LogP contribution in [0.4, 0.5) is 0 Å². The van der Waals surface area contributed by atoms with Gasteiger partial charge < -0.3 is 0 Å². The van der Waals surface area contributed by atoms with Gasteiger partial charge in [0.1, 0.15) is 5.17 Å². The molecule has 0 aromatic heterocycles. The van der Waals surface area contributed by atoms with Gasteiger partial charge in [-0.2, -0.15) is 0 Å². The Kier molecular flexibility index (Phi) is 1.96. The third-order valence-corrected chi connectivity index (χ3v) is 2.17. The molecule has 1 nitrogen and oxygen atoms in total. The van der Waals surface area contributed by atoms with Gasteiger partial charge in [-0.25, -0.2) is 4.99 Å². The molecule has 2 rings (SSSR count). The molecule has 0 saturated heterocycles. The lowest BCUT2D eigenvalue weighted by Crippen LogP contribution is -1.94. The molecule has 1 aromatic carbocycles. The average molecular weight is 178 g/mol. The lowest BCUT2D eigenvalue weighted by Gasteiger charge is -2.01. The first kappa shape index (κ1) is 7.56. The molecule has 0 bridgehead atoms. The second kappa shape index (κ2) is 3.11. The van der Waals surface area contributed by atoms with Gasteiger partial charge in [-0.15, -0.1) is 0 Å². The summed E-state index contributed by atoms with van der Waals surface area (Å²) in [6, 6.07) is 8.06. The SMILES string of the molecule is ClC1=NC=CCc2ccccc21. The predicted molar refractivity (Wildman–Crippen MR) is 51.7 cm³/mol. The fraction of sp³-hybridized carbons (Fsp3) is 0.100. The van der Waals surface area contributed by atoms with Crippen LogP contribution in [0.15, 0.2) is 41.5 Å². The van der Waals surface area contributed by atoms with Crippen molar-refractivity contribution in [1.29, 1.82) is 0 Å². The first-order valence-corrected chi connectivity index (χ1v) is 4.22. The van der Waals surface area contributed by atoms with E-state index in [1.54, 1.807) is 6.20 Å². The number of hydrogen-bond donors (Lipinski definition) is 0. The molecule has 1 aliphatic heterocycles. The van der Waals surface area contributed by atoms with Gasteiger partial charge in [0, 0.05) is 11.8 Å². The second-order valence-electron chi connectivity index (χ2n) is 2.67. The molecular weight excluding hydrogens is 170 g/mol. The minimum Gasteiger partial charge on any atom is -0.244 e. The Hall–Kier alpha value is -1.08. The third-order valence-electron chi connectivity index (χ3n) is 1.87. The summed E-state index contributed by atoms with van der Waals surface area (Å²) in [6.45, 7) is 0. The quantitative estimate of drug-likeness (QED) is 0.578. The fourth-order valence-electron chi connectivity index (χ4n) is 1.27. The molecule has 0 spiro atoms. The minimum absolute atomic E-state index is 0.583. The van der Waals surface area contributed by atoms with Crippen LogP contribution in [0.2, 0.25) is 0 Å². The highest BCUT2D eigenvalue weighted by Crippen LogP contribution is 2.16. The zero-order valence-electron chi connectivity index (χ0n) is 6.50. The summed E-state index contributed by atoms with van der Waals surface area (Å²) in [7, 11) is 0. The lowest BCUT2D eigenvalue weighted by molar-refractivity contribution is 1.26. The number of allylic oxidation sites excluding steroid dienone is 1. The van der Waals surface area contributed by atoms with Gasteiger partial charge in [0.25, 0.3) is 0 Å². The third kappa shape index (κ3) is 1.28. The predicted octanol–water partition coefficient (Wildman–Crippen LogP) is 2.74. The molecule has 0 aliphatic carbocycles. The van der Waals surface area contributed by atoms with E-state index in [0.29, 0.717) is 5.17 Å². The Morgan fingerprint density at radius 3 is 3.00 bits per heavy atom. The number of benzene rings is 1.